The summed E-state index contributed by atoms with van der Waals surface area (Å²) in [5.41, 5.74) is 0. The fourth-order valence-electron chi connectivity index (χ4n) is 1.90. The number of rotatable bonds is 5. The Kier molecular flexibility index (Phi) is 5.91. The van der Waals surface area contributed by atoms with Gasteiger partial charge in [0.05, 0.1) is 31.7 Å². The molecule has 0 aromatic carbocycles. The van der Waals surface area contributed by atoms with Crippen molar-refractivity contribution in [3.8, 4) is 0 Å². The second-order valence-corrected chi connectivity index (χ2v) is 5.39. The van der Waals surface area contributed by atoms with Gasteiger partial charge in [-0.15, -0.1) is 0 Å². The molecule has 1 rings (SSSR count). The van der Waals surface area contributed by atoms with E-state index in [1.54, 1.807) is 6.92 Å². The summed E-state index contributed by atoms with van der Waals surface area (Å²) in [7, 11) is 0. The van der Waals surface area contributed by atoms with Crippen LogP contribution in [0.5, 0.6) is 0 Å². The van der Waals surface area contributed by atoms with Crippen LogP contribution in [0.3, 0.4) is 0 Å². The number of esters is 1. The van der Waals surface area contributed by atoms with Gasteiger partial charge in [0, 0.05) is 4.83 Å². The highest BCUT2D eigenvalue weighted by molar-refractivity contribution is 9.09. The fraction of sp³-hybridized carbons (Fsp3) is 0.909. The third kappa shape index (κ3) is 5.14. The Morgan fingerprint density at radius 2 is 2.06 bits per heavy atom. The number of hydrogen-bond donors (Lipinski definition) is 0. The van der Waals surface area contributed by atoms with Crippen LogP contribution in [0.15, 0.2) is 0 Å². The second kappa shape index (κ2) is 6.75. The average molecular weight is 333 g/mol. The lowest BCUT2D eigenvalue weighted by Gasteiger charge is -2.15. The molecule has 0 saturated heterocycles. The van der Waals surface area contributed by atoms with Crippen molar-refractivity contribution in [2.24, 2.45) is 5.92 Å². The highest BCUT2D eigenvalue weighted by Crippen LogP contribution is 2.34. The lowest BCUT2D eigenvalue weighted by molar-refractivity contribution is -0.151. The van der Waals surface area contributed by atoms with Crippen molar-refractivity contribution in [2.45, 2.75) is 43.3 Å². The van der Waals surface area contributed by atoms with Crippen LogP contribution in [0, 0.1) is 5.92 Å². The molecule has 1 fully saturated rings. The number of carbonyl (C=O) groups is 1. The van der Waals surface area contributed by atoms with E-state index in [4.69, 9.17) is 9.47 Å². The highest BCUT2D eigenvalue weighted by Gasteiger charge is 2.38. The maximum atomic E-state index is 12.0. The van der Waals surface area contributed by atoms with Crippen molar-refractivity contribution >= 4 is 21.9 Å². The van der Waals surface area contributed by atoms with E-state index in [-0.39, 0.29) is 29.4 Å². The number of alkyl halides is 4. The summed E-state index contributed by atoms with van der Waals surface area (Å²) >= 11 is 3.33. The first kappa shape index (κ1) is 15.8. The Bertz CT molecular complexity index is 283. The van der Waals surface area contributed by atoms with Gasteiger partial charge < -0.3 is 9.47 Å². The first-order valence-electron chi connectivity index (χ1n) is 5.82. The molecule has 0 aromatic rings. The molecular weight excluding hydrogens is 317 g/mol. The van der Waals surface area contributed by atoms with Gasteiger partial charge in [0.1, 0.15) is 0 Å². The maximum absolute atomic E-state index is 12.0. The number of carbonyl (C=O) groups excluding carboxylic acids is 1. The molecular formula is C11H16BrF3O3. The quantitative estimate of drug-likeness (QED) is 0.573. The van der Waals surface area contributed by atoms with Crippen molar-refractivity contribution in [3.05, 3.63) is 0 Å². The number of halogens is 4. The topological polar surface area (TPSA) is 35.5 Å². The summed E-state index contributed by atoms with van der Waals surface area (Å²) in [4.78, 5) is 11.4. The van der Waals surface area contributed by atoms with Gasteiger partial charge in [0.15, 0.2) is 0 Å². The fourth-order valence-corrected chi connectivity index (χ4v) is 2.72. The van der Waals surface area contributed by atoms with Crippen LogP contribution >= 0.6 is 15.9 Å². The molecule has 1 saturated carbocycles. The van der Waals surface area contributed by atoms with Crippen LogP contribution in [0.4, 0.5) is 13.2 Å². The van der Waals surface area contributed by atoms with Gasteiger partial charge in [-0.05, 0) is 19.8 Å². The van der Waals surface area contributed by atoms with E-state index >= 15 is 0 Å². The summed E-state index contributed by atoms with van der Waals surface area (Å²) < 4.78 is 46.0. The van der Waals surface area contributed by atoms with Gasteiger partial charge in [-0.1, -0.05) is 15.9 Å². The van der Waals surface area contributed by atoms with E-state index in [2.05, 4.69) is 15.9 Å². The largest absolute Gasteiger partial charge is 0.466 e. The molecule has 106 valence electrons. The van der Waals surface area contributed by atoms with E-state index in [1.807, 2.05) is 0 Å². The molecule has 0 heterocycles. The van der Waals surface area contributed by atoms with Crippen LogP contribution in [0.2, 0.25) is 0 Å². The van der Waals surface area contributed by atoms with Crippen LogP contribution in [-0.4, -0.2) is 36.3 Å². The molecule has 3 unspecified atom stereocenters. The predicted octanol–water partition coefficient (Wildman–Crippen LogP) is 3.06. The highest BCUT2D eigenvalue weighted by atomic mass is 79.9. The van der Waals surface area contributed by atoms with Gasteiger partial charge >= 0.3 is 12.1 Å². The summed E-state index contributed by atoms with van der Waals surface area (Å²) in [5.74, 6) is -0.589. The minimum Gasteiger partial charge on any atom is -0.466 e. The standard InChI is InChI=1S/C11H16BrF3O3/c1-2-17-10(16)7-5-8(12)9(6-7)18-4-3-11(13,14)15/h7-9H,2-6H2,1H3. The monoisotopic (exact) mass is 332 g/mol. The lowest BCUT2D eigenvalue weighted by atomic mass is 10.1. The number of ether oxygens (including phenoxy) is 2. The van der Waals surface area contributed by atoms with E-state index in [0.717, 1.165) is 0 Å². The molecule has 18 heavy (non-hydrogen) atoms. The van der Waals surface area contributed by atoms with E-state index in [0.29, 0.717) is 19.4 Å². The number of hydrogen-bond acceptors (Lipinski definition) is 3. The van der Waals surface area contributed by atoms with Gasteiger partial charge in [0.2, 0.25) is 0 Å². The summed E-state index contributed by atoms with van der Waals surface area (Å²) in [6.45, 7) is 1.66. The van der Waals surface area contributed by atoms with Crippen LogP contribution in [-0.2, 0) is 14.3 Å². The minimum atomic E-state index is -4.21. The van der Waals surface area contributed by atoms with E-state index in [1.165, 1.54) is 0 Å². The molecule has 1 aliphatic carbocycles. The molecule has 3 nitrogen and oxygen atoms in total. The molecule has 3 atom stereocenters. The zero-order chi connectivity index (χ0) is 13.8. The zero-order valence-corrected chi connectivity index (χ0v) is 11.6. The molecule has 7 heteroatoms. The van der Waals surface area contributed by atoms with Crippen LogP contribution in [0.1, 0.15) is 26.2 Å². The summed E-state index contributed by atoms with van der Waals surface area (Å²) in [5, 5.41) is 0. The molecule has 0 amide bonds. The Balaban J connectivity index is 2.33. The predicted molar refractivity (Wildman–Crippen MR) is 62.5 cm³/mol. The Labute approximate surface area is 112 Å². The van der Waals surface area contributed by atoms with Gasteiger partial charge in [0.25, 0.3) is 0 Å². The van der Waals surface area contributed by atoms with E-state index in [9.17, 15) is 18.0 Å². The smallest absolute Gasteiger partial charge is 0.391 e. The molecule has 0 aromatic heterocycles. The Morgan fingerprint density at radius 3 is 2.61 bits per heavy atom. The van der Waals surface area contributed by atoms with E-state index < -0.39 is 12.6 Å². The van der Waals surface area contributed by atoms with Crippen molar-refractivity contribution in [1.82, 2.24) is 0 Å². The second-order valence-electron chi connectivity index (χ2n) is 4.21. The molecule has 0 spiro atoms. The van der Waals surface area contributed by atoms with Crippen molar-refractivity contribution < 1.29 is 27.4 Å². The average Bonchev–Trinajstić information content (AvgIpc) is 2.59. The molecule has 0 bridgehead atoms. The molecule has 0 radical (unpaired) electrons. The normalized spacial score (nSPS) is 28.4. The summed E-state index contributed by atoms with van der Waals surface area (Å²) in [6, 6.07) is 0. The third-order valence-corrected chi connectivity index (χ3v) is 3.73. The van der Waals surface area contributed by atoms with Gasteiger partial charge in [-0.3, -0.25) is 4.79 Å². The zero-order valence-electron chi connectivity index (χ0n) is 10.0. The third-order valence-electron chi connectivity index (χ3n) is 2.77. The van der Waals surface area contributed by atoms with Crippen LogP contribution < -0.4 is 0 Å². The van der Waals surface area contributed by atoms with Gasteiger partial charge in [-0.25, -0.2) is 0 Å². The van der Waals surface area contributed by atoms with Crippen molar-refractivity contribution in [2.75, 3.05) is 13.2 Å². The first-order valence-corrected chi connectivity index (χ1v) is 6.74. The minimum absolute atomic E-state index is 0.0971. The maximum Gasteiger partial charge on any atom is 0.391 e. The molecule has 0 aliphatic heterocycles. The van der Waals surface area contributed by atoms with Crippen molar-refractivity contribution in [3.63, 3.8) is 0 Å². The Morgan fingerprint density at radius 1 is 1.39 bits per heavy atom. The lowest BCUT2D eigenvalue weighted by Crippen LogP contribution is -2.22. The molecule has 1 aliphatic rings. The Hall–Kier alpha value is -0.300. The van der Waals surface area contributed by atoms with Crippen molar-refractivity contribution in [1.29, 1.82) is 0 Å². The van der Waals surface area contributed by atoms with Crippen LogP contribution in [0.25, 0.3) is 0 Å². The van der Waals surface area contributed by atoms with Gasteiger partial charge in [-0.2, -0.15) is 13.2 Å². The molecule has 0 N–H and O–H groups in total. The first-order chi connectivity index (χ1) is 8.33. The SMILES string of the molecule is CCOC(=O)C1CC(Br)C(OCCC(F)(F)F)C1. The summed E-state index contributed by atoms with van der Waals surface area (Å²) in [6.07, 6.45) is -4.59.